The summed E-state index contributed by atoms with van der Waals surface area (Å²) in [6, 6.07) is 3.27. The number of fused-ring (bicyclic) bond motifs is 2. The van der Waals surface area contributed by atoms with E-state index in [4.69, 9.17) is 5.11 Å². The Labute approximate surface area is 97.5 Å². The second-order valence-corrected chi connectivity index (χ2v) is 4.47. The third kappa shape index (κ3) is 1.60. The zero-order chi connectivity index (χ0) is 12.0. The number of rotatable bonds is 1. The predicted molar refractivity (Wildman–Crippen MR) is 58.5 cm³/mol. The molecule has 2 saturated heterocycles. The summed E-state index contributed by atoms with van der Waals surface area (Å²) in [5.41, 5.74) is 0.865. The first kappa shape index (κ1) is 10.3. The van der Waals surface area contributed by atoms with E-state index < -0.39 is 12.0 Å². The first-order valence-corrected chi connectivity index (χ1v) is 5.53. The van der Waals surface area contributed by atoms with Crippen molar-refractivity contribution >= 4 is 11.8 Å². The lowest BCUT2D eigenvalue weighted by molar-refractivity contribution is 0.137. The number of hydrogen-bond acceptors (Lipinski definition) is 3. The molecular formula is C11H12FN3O2. The number of aromatic nitrogens is 1. The zero-order valence-corrected chi connectivity index (χ0v) is 9.08. The van der Waals surface area contributed by atoms with E-state index in [2.05, 4.69) is 9.88 Å². The van der Waals surface area contributed by atoms with Crippen LogP contribution in [-0.4, -0.2) is 46.3 Å². The number of amides is 1. The van der Waals surface area contributed by atoms with E-state index in [1.54, 1.807) is 6.07 Å². The molecule has 3 heterocycles. The molecule has 0 spiro atoms. The van der Waals surface area contributed by atoms with Crippen molar-refractivity contribution in [1.29, 1.82) is 0 Å². The van der Waals surface area contributed by atoms with Crippen molar-refractivity contribution in [2.45, 2.75) is 18.5 Å². The fraction of sp³-hybridized carbons (Fsp3) is 0.455. The van der Waals surface area contributed by atoms with E-state index in [0.717, 1.165) is 12.1 Å². The number of carboxylic acid groups (broad SMARTS) is 1. The summed E-state index contributed by atoms with van der Waals surface area (Å²) < 4.78 is 12.7. The fourth-order valence-electron chi connectivity index (χ4n) is 2.76. The summed E-state index contributed by atoms with van der Waals surface area (Å²) in [5.74, 6) is -0.495. The molecule has 2 atom stereocenters. The van der Waals surface area contributed by atoms with Crippen LogP contribution in [0.1, 0.15) is 6.42 Å². The fourth-order valence-corrected chi connectivity index (χ4v) is 2.76. The number of likely N-dealkylation sites (tertiary alicyclic amines) is 1. The molecule has 0 aliphatic carbocycles. The molecule has 0 unspecified atom stereocenters. The van der Waals surface area contributed by atoms with Crippen molar-refractivity contribution in [3.8, 4) is 0 Å². The van der Waals surface area contributed by atoms with Gasteiger partial charge in [-0.3, -0.25) is 0 Å². The normalized spacial score (nSPS) is 26.6. The topological polar surface area (TPSA) is 56.7 Å². The number of nitrogens with zero attached hydrogens (tertiary/aromatic N) is 3. The van der Waals surface area contributed by atoms with Gasteiger partial charge in [0.25, 0.3) is 0 Å². The quantitative estimate of drug-likeness (QED) is 0.745. The Hall–Kier alpha value is -1.85. The summed E-state index contributed by atoms with van der Waals surface area (Å²) in [6.07, 6.45) is 1.50. The molecule has 1 aromatic rings. The molecule has 3 rings (SSSR count). The minimum absolute atomic E-state index is 0.0579. The van der Waals surface area contributed by atoms with Gasteiger partial charge >= 0.3 is 6.09 Å². The molecule has 1 aromatic heterocycles. The second kappa shape index (κ2) is 3.58. The van der Waals surface area contributed by atoms with Crippen LogP contribution in [0.5, 0.6) is 0 Å². The minimum atomic E-state index is -0.852. The molecule has 2 bridgehead atoms. The molecule has 1 amide bonds. The first-order chi connectivity index (χ1) is 8.15. The number of halogens is 1. The van der Waals surface area contributed by atoms with Crippen molar-refractivity contribution in [3.63, 3.8) is 0 Å². The molecule has 5 nitrogen and oxygen atoms in total. The van der Waals surface area contributed by atoms with Gasteiger partial charge in [0.15, 0.2) is 0 Å². The van der Waals surface area contributed by atoms with Crippen LogP contribution in [0.3, 0.4) is 0 Å². The van der Waals surface area contributed by atoms with Gasteiger partial charge in [-0.1, -0.05) is 0 Å². The van der Waals surface area contributed by atoms with Crippen LogP contribution >= 0.6 is 0 Å². The summed E-state index contributed by atoms with van der Waals surface area (Å²) in [6.45, 7) is 1.20. The lowest BCUT2D eigenvalue weighted by atomic mass is 10.2. The molecule has 2 fully saturated rings. The Morgan fingerprint density at radius 3 is 2.76 bits per heavy atom. The third-order valence-electron chi connectivity index (χ3n) is 3.53. The molecule has 0 aromatic carbocycles. The highest BCUT2D eigenvalue weighted by Gasteiger charge is 2.45. The van der Waals surface area contributed by atoms with E-state index in [1.807, 2.05) is 0 Å². The van der Waals surface area contributed by atoms with Crippen molar-refractivity contribution in [2.24, 2.45) is 0 Å². The highest BCUT2D eigenvalue weighted by atomic mass is 19.1. The molecule has 2 aliphatic rings. The Bertz CT molecular complexity index is 451. The van der Waals surface area contributed by atoms with Gasteiger partial charge < -0.3 is 14.9 Å². The van der Waals surface area contributed by atoms with Gasteiger partial charge in [0, 0.05) is 19.1 Å². The van der Waals surface area contributed by atoms with Gasteiger partial charge in [0.05, 0.1) is 17.9 Å². The molecule has 90 valence electrons. The van der Waals surface area contributed by atoms with E-state index in [9.17, 15) is 9.18 Å². The van der Waals surface area contributed by atoms with Crippen molar-refractivity contribution in [1.82, 2.24) is 9.88 Å². The van der Waals surface area contributed by atoms with E-state index in [0.29, 0.717) is 13.1 Å². The number of carbonyl (C=O) groups is 1. The van der Waals surface area contributed by atoms with Crippen LogP contribution in [0.4, 0.5) is 14.9 Å². The maximum atomic E-state index is 12.7. The predicted octanol–water partition coefficient (Wildman–Crippen LogP) is 1.16. The standard InChI is InChI=1S/C11H12FN3O2/c12-10-2-1-7(4-13-10)14-5-9-3-8(14)6-15(9)11(16)17/h1-2,4,8-9H,3,5-6H2,(H,16,17)/t8-,9-/m1/s1. The highest BCUT2D eigenvalue weighted by molar-refractivity contribution is 5.67. The van der Waals surface area contributed by atoms with Crippen LogP contribution in [0.15, 0.2) is 18.3 Å². The zero-order valence-electron chi connectivity index (χ0n) is 9.08. The van der Waals surface area contributed by atoms with Gasteiger partial charge in [-0.05, 0) is 18.6 Å². The summed E-state index contributed by atoms with van der Waals surface area (Å²) in [5, 5.41) is 8.97. The Balaban J connectivity index is 1.78. The molecule has 0 saturated carbocycles. The molecular weight excluding hydrogens is 225 g/mol. The largest absolute Gasteiger partial charge is 0.465 e. The molecule has 6 heteroatoms. The SMILES string of the molecule is O=C(O)N1C[C@H]2C[C@@H]1CN2c1ccc(F)nc1. The number of piperazine rings is 1. The second-order valence-electron chi connectivity index (χ2n) is 4.47. The van der Waals surface area contributed by atoms with Crippen LogP contribution in [-0.2, 0) is 0 Å². The lowest BCUT2D eigenvalue weighted by Gasteiger charge is -2.33. The Morgan fingerprint density at radius 1 is 1.41 bits per heavy atom. The van der Waals surface area contributed by atoms with Crippen molar-refractivity contribution in [3.05, 3.63) is 24.3 Å². The molecule has 1 N–H and O–H groups in total. The van der Waals surface area contributed by atoms with E-state index in [-0.39, 0.29) is 12.1 Å². The number of hydrogen-bond donors (Lipinski definition) is 1. The van der Waals surface area contributed by atoms with Crippen molar-refractivity contribution in [2.75, 3.05) is 18.0 Å². The first-order valence-electron chi connectivity index (χ1n) is 5.53. The lowest BCUT2D eigenvalue weighted by Crippen LogP contribution is -2.48. The summed E-state index contributed by atoms with van der Waals surface area (Å²) in [7, 11) is 0. The maximum absolute atomic E-state index is 12.7. The summed E-state index contributed by atoms with van der Waals surface area (Å²) >= 11 is 0. The van der Waals surface area contributed by atoms with Crippen LogP contribution in [0.2, 0.25) is 0 Å². The average molecular weight is 237 g/mol. The van der Waals surface area contributed by atoms with Gasteiger partial charge in [0.2, 0.25) is 5.95 Å². The Kier molecular flexibility index (Phi) is 2.17. The minimum Gasteiger partial charge on any atom is -0.465 e. The monoisotopic (exact) mass is 237 g/mol. The van der Waals surface area contributed by atoms with Gasteiger partial charge in [0.1, 0.15) is 0 Å². The van der Waals surface area contributed by atoms with Gasteiger partial charge in [-0.2, -0.15) is 4.39 Å². The van der Waals surface area contributed by atoms with Gasteiger partial charge in [-0.15, -0.1) is 0 Å². The summed E-state index contributed by atoms with van der Waals surface area (Å²) in [4.78, 5) is 18.1. The molecule has 17 heavy (non-hydrogen) atoms. The van der Waals surface area contributed by atoms with Crippen molar-refractivity contribution < 1.29 is 14.3 Å². The van der Waals surface area contributed by atoms with Crippen LogP contribution < -0.4 is 4.90 Å². The van der Waals surface area contributed by atoms with Crippen LogP contribution in [0, 0.1) is 5.95 Å². The smallest absolute Gasteiger partial charge is 0.407 e. The average Bonchev–Trinajstić information content (AvgIpc) is 2.89. The van der Waals surface area contributed by atoms with Crippen LogP contribution in [0.25, 0.3) is 0 Å². The molecule has 2 aliphatic heterocycles. The molecule has 0 radical (unpaired) electrons. The van der Waals surface area contributed by atoms with E-state index in [1.165, 1.54) is 17.2 Å². The third-order valence-corrected chi connectivity index (χ3v) is 3.53. The number of anilines is 1. The Morgan fingerprint density at radius 2 is 2.24 bits per heavy atom. The number of pyridine rings is 1. The van der Waals surface area contributed by atoms with Gasteiger partial charge in [-0.25, -0.2) is 9.78 Å². The maximum Gasteiger partial charge on any atom is 0.407 e. The highest BCUT2D eigenvalue weighted by Crippen LogP contribution is 2.34. The van der Waals surface area contributed by atoms with E-state index >= 15 is 0 Å².